The lowest BCUT2D eigenvalue weighted by molar-refractivity contribution is -0.116. The molecule has 6 heteroatoms. The van der Waals surface area contributed by atoms with E-state index < -0.39 is 0 Å². The van der Waals surface area contributed by atoms with Crippen LogP contribution in [-0.4, -0.2) is 20.7 Å². The molecule has 0 aliphatic carbocycles. The van der Waals surface area contributed by atoms with Crippen molar-refractivity contribution in [2.24, 2.45) is 0 Å². The number of pyridine rings is 1. The number of nitrogens with one attached hydrogen (secondary N) is 1. The van der Waals surface area contributed by atoms with Gasteiger partial charge in [0.2, 0.25) is 5.91 Å². The van der Waals surface area contributed by atoms with E-state index in [0.717, 1.165) is 33.1 Å². The van der Waals surface area contributed by atoms with Gasteiger partial charge in [0.05, 0.1) is 12.2 Å². The predicted molar refractivity (Wildman–Crippen MR) is 107 cm³/mol. The van der Waals surface area contributed by atoms with Gasteiger partial charge in [0.1, 0.15) is 0 Å². The first-order valence-electron chi connectivity index (χ1n) is 8.67. The van der Waals surface area contributed by atoms with Crippen molar-refractivity contribution < 1.29 is 4.79 Å². The molecule has 1 amide bonds. The summed E-state index contributed by atoms with van der Waals surface area (Å²) in [6, 6.07) is 11.5. The number of benzene rings is 1. The summed E-state index contributed by atoms with van der Waals surface area (Å²) in [6.07, 6.45) is 6.78. The Bertz CT molecular complexity index is 964. The second-order valence-electron chi connectivity index (χ2n) is 6.25. The lowest BCUT2D eigenvalue weighted by atomic mass is 10.1. The number of hydrogen-bond acceptors (Lipinski definition) is 3. The minimum absolute atomic E-state index is 0.156. The van der Waals surface area contributed by atoms with E-state index in [4.69, 9.17) is 11.6 Å². The van der Waals surface area contributed by atoms with E-state index in [9.17, 15) is 4.79 Å². The summed E-state index contributed by atoms with van der Waals surface area (Å²) >= 11 is 6.25. The van der Waals surface area contributed by atoms with Crippen LogP contribution in [0.3, 0.4) is 0 Å². The van der Waals surface area contributed by atoms with Gasteiger partial charge in [0, 0.05) is 41.3 Å². The summed E-state index contributed by atoms with van der Waals surface area (Å²) in [7, 11) is 0. The zero-order valence-electron chi connectivity index (χ0n) is 15.3. The maximum absolute atomic E-state index is 12.1. The van der Waals surface area contributed by atoms with Gasteiger partial charge in [-0.1, -0.05) is 35.9 Å². The fourth-order valence-corrected chi connectivity index (χ4v) is 3.00. The molecule has 0 radical (unpaired) electrons. The first-order valence-corrected chi connectivity index (χ1v) is 9.04. The molecule has 138 valence electrons. The van der Waals surface area contributed by atoms with Crippen LogP contribution in [0.5, 0.6) is 0 Å². The highest BCUT2D eigenvalue weighted by molar-refractivity contribution is 6.31. The minimum atomic E-state index is -0.156. The number of hydrogen-bond donors (Lipinski definition) is 1. The summed E-state index contributed by atoms with van der Waals surface area (Å²) in [5.41, 5.74) is 4.77. The Morgan fingerprint density at radius 2 is 2.04 bits per heavy atom. The third-order valence-corrected chi connectivity index (χ3v) is 4.68. The standard InChI is InChI=1S/C21H21ClN4O/c1-15-19(9-10-21(27)24-13-17-6-5-11-23-12-17)16(2)26(25-15)14-18-7-3-4-8-20(18)22/h3-12H,13-14H2,1-2H3,(H,24,27)/b10-9+. The van der Waals surface area contributed by atoms with Crippen molar-refractivity contribution >= 4 is 23.6 Å². The van der Waals surface area contributed by atoms with Crippen LogP contribution in [0, 0.1) is 13.8 Å². The quantitative estimate of drug-likeness (QED) is 0.659. The third-order valence-electron chi connectivity index (χ3n) is 4.31. The van der Waals surface area contributed by atoms with Gasteiger partial charge in [-0.3, -0.25) is 14.5 Å². The molecule has 0 atom stereocenters. The molecule has 0 spiro atoms. The maximum Gasteiger partial charge on any atom is 0.244 e. The molecule has 0 aliphatic heterocycles. The van der Waals surface area contributed by atoms with Crippen molar-refractivity contribution in [2.75, 3.05) is 0 Å². The van der Waals surface area contributed by atoms with Crippen molar-refractivity contribution in [1.29, 1.82) is 0 Å². The Labute approximate surface area is 163 Å². The summed E-state index contributed by atoms with van der Waals surface area (Å²) < 4.78 is 1.91. The smallest absolute Gasteiger partial charge is 0.244 e. The van der Waals surface area contributed by atoms with E-state index in [2.05, 4.69) is 15.4 Å². The zero-order chi connectivity index (χ0) is 19.2. The molecule has 5 nitrogen and oxygen atoms in total. The molecule has 2 heterocycles. The Hall–Kier alpha value is -2.92. The molecule has 1 aromatic carbocycles. The molecule has 0 aliphatic rings. The fraction of sp³-hybridized carbons (Fsp3) is 0.190. The van der Waals surface area contributed by atoms with Gasteiger partial charge in [-0.2, -0.15) is 5.10 Å². The van der Waals surface area contributed by atoms with Crippen LogP contribution in [0.2, 0.25) is 5.02 Å². The zero-order valence-corrected chi connectivity index (χ0v) is 16.1. The highest BCUT2D eigenvalue weighted by atomic mass is 35.5. The average Bonchev–Trinajstić information content (AvgIpc) is 2.94. The summed E-state index contributed by atoms with van der Waals surface area (Å²) in [5, 5.41) is 8.16. The minimum Gasteiger partial charge on any atom is -0.348 e. The molecule has 1 N–H and O–H groups in total. The molecule has 0 bridgehead atoms. The molecule has 3 aromatic rings. The van der Waals surface area contributed by atoms with Gasteiger partial charge in [-0.15, -0.1) is 0 Å². The van der Waals surface area contributed by atoms with E-state index in [0.29, 0.717) is 13.1 Å². The van der Waals surface area contributed by atoms with Crippen LogP contribution >= 0.6 is 11.6 Å². The molecular weight excluding hydrogens is 360 g/mol. The van der Waals surface area contributed by atoms with Crippen LogP contribution in [0.1, 0.15) is 28.1 Å². The van der Waals surface area contributed by atoms with Gasteiger partial charge in [0.15, 0.2) is 0 Å². The van der Waals surface area contributed by atoms with Crippen LogP contribution in [0.4, 0.5) is 0 Å². The van der Waals surface area contributed by atoms with Crippen molar-refractivity contribution in [3.63, 3.8) is 0 Å². The first-order chi connectivity index (χ1) is 13.0. The number of carbonyl (C=O) groups is 1. The second-order valence-corrected chi connectivity index (χ2v) is 6.65. The SMILES string of the molecule is Cc1nn(Cc2ccccc2Cl)c(C)c1/C=C/C(=O)NCc1cccnc1. The van der Waals surface area contributed by atoms with Crippen LogP contribution in [0.15, 0.2) is 54.9 Å². The highest BCUT2D eigenvalue weighted by Gasteiger charge is 2.11. The number of rotatable bonds is 6. The lowest BCUT2D eigenvalue weighted by Crippen LogP contribution is -2.20. The van der Waals surface area contributed by atoms with E-state index >= 15 is 0 Å². The van der Waals surface area contributed by atoms with Gasteiger partial charge in [0.25, 0.3) is 0 Å². The molecule has 3 rings (SSSR count). The normalized spacial score (nSPS) is 11.1. The number of amides is 1. The number of nitrogens with zero attached hydrogens (tertiary/aromatic N) is 3. The topological polar surface area (TPSA) is 59.8 Å². The predicted octanol–water partition coefficient (Wildman–Crippen LogP) is 3.93. The Morgan fingerprint density at radius 3 is 2.78 bits per heavy atom. The van der Waals surface area contributed by atoms with E-state index in [1.807, 2.05) is 54.9 Å². The fourth-order valence-electron chi connectivity index (χ4n) is 2.80. The van der Waals surface area contributed by atoms with Gasteiger partial charge in [-0.05, 0) is 43.2 Å². The number of aromatic nitrogens is 3. The molecule has 2 aromatic heterocycles. The van der Waals surface area contributed by atoms with Crippen LogP contribution in [-0.2, 0) is 17.9 Å². The summed E-state index contributed by atoms with van der Waals surface area (Å²) in [6.45, 7) is 4.96. The second kappa shape index (κ2) is 8.64. The largest absolute Gasteiger partial charge is 0.348 e. The third kappa shape index (κ3) is 4.83. The number of aryl methyl sites for hydroxylation is 1. The maximum atomic E-state index is 12.1. The van der Waals surface area contributed by atoms with Crippen molar-refractivity contribution in [3.05, 3.63) is 88.0 Å². The van der Waals surface area contributed by atoms with Gasteiger partial charge >= 0.3 is 0 Å². The Morgan fingerprint density at radius 1 is 1.22 bits per heavy atom. The summed E-state index contributed by atoms with van der Waals surface area (Å²) in [4.78, 5) is 16.1. The van der Waals surface area contributed by atoms with Crippen LogP contribution in [0.25, 0.3) is 6.08 Å². The molecule has 0 saturated heterocycles. The summed E-state index contributed by atoms with van der Waals surface area (Å²) in [5.74, 6) is -0.156. The average molecular weight is 381 g/mol. The monoisotopic (exact) mass is 380 g/mol. The van der Waals surface area contributed by atoms with Crippen molar-refractivity contribution in [1.82, 2.24) is 20.1 Å². The first kappa shape index (κ1) is 18.9. The van der Waals surface area contributed by atoms with E-state index in [1.54, 1.807) is 18.5 Å². The van der Waals surface area contributed by atoms with Crippen LogP contribution < -0.4 is 5.32 Å². The van der Waals surface area contributed by atoms with E-state index in [1.165, 1.54) is 6.08 Å². The number of halogens is 1. The molecule has 27 heavy (non-hydrogen) atoms. The Kier molecular flexibility index (Phi) is 6.04. The molecule has 0 fully saturated rings. The molecular formula is C21H21ClN4O. The Balaban J connectivity index is 1.68. The molecule has 0 saturated carbocycles. The number of carbonyl (C=O) groups excluding carboxylic acids is 1. The van der Waals surface area contributed by atoms with Gasteiger partial charge < -0.3 is 5.32 Å². The van der Waals surface area contributed by atoms with E-state index in [-0.39, 0.29) is 5.91 Å². The van der Waals surface area contributed by atoms with Gasteiger partial charge in [-0.25, -0.2) is 0 Å². The van der Waals surface area contributed by atoms with Crippen molar-refractivity contribution in [3.8, 4) is 0 Å². The lowest BCUT2D eigenvalue weighted by Gasteiger charge is -2.06. The highest BCUT2D eigenvalue weighted by Crippen LogP contribution is 2.20. The van der Waals surface area contributed by atoms with Crippen molar-refractivity contribution in [2.45, 2.75) is 26.9 Å². The molecule has 0 unspecified atom stereocenters.